The molecule has 3 heterocycles. The van der Waals surface area contributed by atoms with Crippen LogP contribution in [-0.4, -0.2) is 78.5 Å². The molecule has 0 unspecified atom stereocenters. The quantitative estimate of drug-likeness (QED) is 0.883. The maximum absolute atomic E-state index is 11.8. The lowest BCUT2D eigenvalue weighted by molar-refractivity contribution is -0.121. The minimum absolute atomic E-state index is 0.179. The summed E-state index contributed by atoms with van der Waals surface area (Å²) in [6, 6.07) is 11.5. The first-order chi connectivity index (χ1) is 13.1. The van der Waals surface area contributed by atoms with E-state index in [0.717, 1.165) is 39.0 Å². The SMILES string of the molecule is CN1CCN(C2CCN(Cc3ccccc3)CC2)C[C@]12CCNC(=O)CC2. The molecule has 0 bridgehead atoms. The average molecular weight is 371 g/mol. The average Bonchev–Trinajstić information content (AvgIpc) is 2.88. The van der Waals surface area contributed by atoms with Crippen molar-refractivity contribution in [3.8, 4) is 0 Å². The van der Waals surface area contributed by atoms with Crippen molar-refractivity contribution in [3.05, 3.63) is 35.9 Å². The van der Waals surface area contributed by atoms with Crippen LogP contribution < -0.4 is 5.32 Å². The van der Waals surface area contributed by atoms with Gasteiger partial charge in [0.25, 0.3) is 0 Å². The number of benzene rings is 1. The van der Waals surface area contributed by atoms with Crippen molar-refractivity contribution >= 4 is 5.91 Å². The molecule has 3 aliphatic heterocycles. The summed E-state index contributed by atoms with van der Waals surface area (Å²) < 4.78 is 0. The third-order valence-corrected chi connectivity index (χ3v) is 7.08. The van der Waals surface area contributed by atoms with E-state index >= 15 is 0 Å². The molecule has 5 nitrogen and oxygen atoms in total. The number of nitrogens with one attached hydrogen (secondary N) is 1. The smallest absolute Gasteiger partial charge is 0.220 e. The Balaban J connectivity index is 1.33. The molecule has 1 amide bonds. The maximum Gasteiger partial charge on any atom is 0.220 e. The van der Waals surface area contributed by atoms with Gasteiger partial charge in [-0.05, 0) is 51.4 Å². The number of piperazine rings is 1. The van der Waals surface area contributed by atoms with Crippen molar-refractivity contribution < 1.29 is 4.79 Å². The lowest BCUT2D eigenvalue weighted by atomic mass is 9.85. The second kappa shape index (κ2) is 8.29. The zero-order valence-electron chi connectivity index (χ0n) is 16.7. The lowest BCUT2D eigenvalue weighted by Crippen LogP contribution is -2.63. The molecule has 0 saturated carbocycles. The van der Waals surface area contributed by atoms with Crippen molar-refractivity contribution in [1.29, 1.82) is 0 Å². The molecular weight excluding hydrogens is 336 g/mol. The Labute approximate surface area is 163 Å². The van der Waals surface area contributed by atoms with Crippen molar-refractivity contribution in [3.63, 3.8) is 0 Å². The highest BCUT2D eigenvalue weighted by Gasteiger charge is 2.42. The fourth-order valence-corrected chi connectivity index (χ4v) is 5.22. The zero-order valence-corrected chi connectivity index (χ0v) is 16.7. The third kappa shape index (κ3) is 4.36. The van der Waals surface area contributed by atoms with E-state index < -0.39 is 0 Å². The molecule has 1 spiro atoms. The highest BCUT2D eigenvalue weighted by Crippen LogP contribution is 2.32. The summed E-state index contributed by atoms with van der Waals surface area (Å²) >= 11 is 0. The van der Waals surface area contributed by atoms with Crippen LogP contribution >= 0.6 is 0 Å². The predicted octanol–water partition coefficient (Wildman–Crippen LogP) is 1.94. The number of carbonyl (C=O) groups is 1. The van der Waals surface area contributed by atoms with Gasteiger partial charge in [0.1, 0.15) is 0 Å². The largest absolute Gasteiger partial charge is 0.356 e. The van der Waals surface area contributed by atoms with Crippen molar-refractivity contribution in [2.45, 2.75) is 50.2 Å². The Morgan fingerprint density at radius 3 is 2.63 bits per heavy atom. The molecule has 0 aliphatic carbocycles. The van der Waals surface area contributed by atoms with E-state index in [2.05, 4.69) is 57.4 Å². The Hall–Kier alpha value is -1.43. The molecule has 27 heavy (non-hydrogen) atoms. The summed E-state index contributed by atoms with van der Waals surface area (Å²) in [5, 5.41) is 3.07. The van der Waals surface area contributed by atoms with Crippen LogP contribution in [0.2, 0.25) is 0 Å². The number of likely N-dealkylation sites (tertiary alicyclic amines) is 1. The van der Waals surface area contributed by atoms with E-state index in [-0.39, 0.29) is 11.4 Å². The lowest BCUT2D eigenvalue weighted by Gasteiger charge is -2.52. The van der Waals surface area contributed by atoms with Crippen LogP contribution in [0.4, 0.5) is 0 Å². The monoisotopic (exact) mass is 370 g/mol. The molecule has 1 atom stereocenters. The van der Waals surface area contributed by atoms with Gasteiger partial charge in [0.2, 0.25) is 5.91 Å². The molecule has 1 aromatic carbocycles. The molecule has 1 aromatic rings. The van der Waals surface area contributed by atoms with Crippen molar-refractivity contribution in [2.24, 2.45) is 0 Å². The van der Waals surface area contributed by atoms with Gasteiger partial charge in [-0.1, -0.05) is 30.3 Å². The van der Waals surface area contributed by atoms with Gasteiger partial charge in [-0.3, -0.25) is 19.5 Å². The molecular formula is C22H34N4O. The summed E-state index contributed by atoms with van der Waals surface area (Å²) in [6.07, 6.45) is 5.29. The Morgan fingerprint density at radius 2 is 1.85 bits per heavy atom. The first-order valence-electron chi connectivity index (χ1n) is 10.6. The molecule has 4 rings (SSSR count). The second-order valence-electron chi connectivity index (χ2n) is 8.71. The minimum Gasteiger partial charge on any atom is -0.356 e. The van der Waals surface area contributed by atoms with E-state index in [1.54, 1.807) is 0 Å². The zero-order chi connectivity index (χ0) is 18.7. The Morgan fingerprint density at radius 1 is 1.07 bits per heavy atom. The summed E-state index contributed by atoms with van der Waals surface area (Å²) in [5.74, 6) is 0.228. The fourth-order valence-electron chi connectivity index (χ4n) is 5.22. The molecule has 3 fully saturated rings. The standard InChI is InChI=1S/C22H34N4O/c1-24-15-16-26(18-22(24)10-7-21(27)23-12-11-22)20-8-13-25(14-9-20)17-19-5-3-2-4-6-19/h2-6,20H,7-18H2,1H3,(H,23,27)/t22-/m0/s1. The summed E-state index contributed by atoms with van der Waals surface area (Å²) in [5.41, 5.74) is 1.60. The number of piperidine rings is 1. The Kier molecular flexibility index (Phi) is 5.81. The van der Waals surface area contributed by atoms with Crippen LogP contribution in [0.5, 0.6) is 0 Å². The maximum atomic E-state index is 11.8. The van der Waals surface area contributed by atoms with Crippen LogP contribution in [0.3, 0.4) is 0 Å². The van der Waals surface area contributed by atoms with Gasteiger partial charge in [0.15, 0.2) is 0 Å². The van der Waals surface area contributed by atoms with Gasteiger partial charge in [-0.25, -0.2) is 0 Å². The van der Waals surface area contributed by atoms with Gasteiger partial charge < -0.3 is 5.32 Å². The number of amides is 1. The molecule has 0 aromatic heterocycles. The number of hydrogen-bond donors (Lipinski definition) is 1. The van der Waals surface area contributed by atoms with Crippen LogP contribution in [-0.2, 0) is 11.3 Å². The van der Waals surface area contributed by atoms with Gasteiger partial charge in [-0.15, -0.1) is 0 Å². The van der Waals surface area contributed by atoms with Crippen LogP contribution in [0, 0.1) is 0 Å². The Bertz CT molecular complexity index is 628. The van der Waals surface area contributed by atoms with Crippen LogP contribution in [0.25, 0.3) is 0 Å². The van der Waals surface area contributed by atoms with E-state index in [1.165, 1.54) is 38.0 Å². The predicted molar refractivity (Wildman–Crippen MR) is 109 cm³/mol. The first kappa shape index (κ1) is 18.9. The van der Waals surface area contributed by atoms with Gasteiger partial charge >= 0.3 is 0 Å². The van der Waals surface area contributed by atoms with Gasteiger partial charge in [-0.2, -0.15) is 0 Å². The van der Waals surface area contributed by atoms with E-state index in [0.29, 0.717) is 12.5 Å². The fraction of sp³-hybridized carbons (Fsp3) is 0.682. The summed E-state index contributed by atoms with van der Waals surface area (Å²) in [4.78, 5) is 19.7. The number of hydrogen-bond acceptors (Lipinski definition) is 4. The number of carbonyl (C=O) groups excluding carboxylic acids is 1. The molecule has 3 aliphatic rings. The number of rotatable bonds is 3. The van der Waals surface area contributed by atoms with E-state index in [4.69, 9.17) is 0 Å². The number of nitrogens with zero attached hydrogens (tertiary/aromatic N) is 3. The molecule has 3 saturated heterocycles. The van der Waals surface area contributed by atoms with Crippen molar-refractivity contribution in [2.75, 3.05) is 46.3 Å². The normalized spacial score (nSPS) is 29.6. The highest BCUT2D eigenvalue weighted by atomic mass is 16.1. The topological polar surface area (TPSA) is 38.8 Å². The van der Waals surface area contributed by atoms with E-state index in [9.17, 15) is 4.79 Å². The minimum atomic E-state index is 0.179. The van der Waals surface area contributed by atoms with Gasteiger partial charge in [0.05, 0.1) is 0 Å². The molecule has 1 N–H and O–H groups in total. The van der Waals surface area contributed by atoms with Crippen LogP contribution in [0.1, 0.15) is 37.7 Å². The van der Waals surface area contributed by atoms with Crippen LogP contribution in [0.15, 0.2) is 30.3 Å². The summed E-state index contributed by atoms with van der Waals surface area (Å²) in [7, 11) is 2.26. The van der Waals surface area contributed by atoms with Gasteiger partial charge in [0, 0.05) is 50.7 Å². The summed E-state index contributed by atoms with van der Waals surface area (Å²) in [6.45, 7) is 7.71. The first-order valence-corrected chi connectivity index (χ1v) is 10.6. The second-order valence-corrected chi connectivity index (χ2v) is 8.71. The highest BCUT2D eigenvalue weighted by molar-refractivity contribution is 5.76. The third-order valence-electron chi connectivity index (χ3n) is 7.08. The van der Waals surface area contributed by atoms with E-state index in [1.807, 2.05) is 0 Å². The molecule has 5 heteroatoms. The number of likely N-dealkylation sites (N-methyl/N-ethyl adjacent to an activating group) is 1. The van der Waals surface area contributed by atoms with Crippen molar-refractivity contribution in [1.82, 2.24) is 20.0 Å². The molecule has 0 radical (unpaired) electrons. The molecule has 148 valence electrons.